The van der Waals surface area contributed by atoms with Crippen molar-refractivity contribution >= 4 is 66.9 Å². The normalized spacial score (nSPS) is 14.7. The summed E-state index contributed by atoms with van der Waals surface area (Å²) in [5, 5.41) is 1.26. The molecule has 0 atom stereocenters. The molecule has 8 nitrogen and oxygen atoms in total. The number of hydrogen-bond acceptors (Lipinski definition) is 7. The van der Waals surface area contributed by atoms with Crippen LogP contribution in [0.2, 0.25) is 10.0 Å². The molecule has 0 amide bonds. The predicted octanol–water partition coefficient (Wildman–Crippen LogP) is 10.9. The van der Waals surface area contributed by atoms with Gasteiger partial charge in [0.15, 0.2) is 0 Å². The van der Waals surface area contributed by atoms with Gasteiger partial charge in [-0.15, -0.1) is 0 Å². The Morgan fingerprint density at radius 2 is 1.16 bits per heavy atom. The highest BCUT2D eigenvalue weighted by atomic mass is 35.5. The van der Waals surface area contributed by atoms with E-state index < -0.39 is 10.0 Å². The van der Waals surface area contributed by atoms with E-state index in [1.807, 2.05) is 91.0 Å². The average Bonchev–Trinajstić information content (AvgIpc) is 3.44. The fourth-order valence-electron chi connectivity index (χ4n) is 7.20. The van der Waals surface area contributed by atoms with Crippen molar-refractivity contribution in [3.63, 3.8) is 0 Å². The van der Waals surface area contributed by atoms with E-state index in [1.165, 1.54) is 5.57 Å². The Morgan fingerprint density at radius 1 is 0.661 bits per heavy atom. The summed E-state index contributed by atoms with van der Waals surface area (Å²) < 4.78 is 38.0. The molecule has 8 rings (SSSR count). The molecule has 0 saturated carbocycles. The Bertz CT molecular complexity index is 2620. The molecule has 0 unspecified atom stereocenters. The van der Waals surface area contributed by atoms with Gasteiger partial charge in [-0.3, -0.25) is 14.7 Å². The third kappa shape index (κ3) is 8.45. The Morgan fingerprint density at radius 3 is 1.64 bits per heavy atom. The number of anilines is 2. The Balaban J connectivity index is 0.000000173. The van der Waals surface area contributed by atoms with Gasteiger partial charge in [0.2, 0.25) is 10.0 Å². The standard InChI is InChI=1S/C23H21ClN2O3S.C22H19ClN2O/c1-3-18(15-6-4-7-17(12-15)26-30(2,27)28)23-19-8-5-11-25-21(19)14-29-22-13-16(24)9-10-20(22)23;1-2-17(14-5-3-6-16(24)11-14)22-18-7-4-10-25-20(18)13-26-21-12-15(23)8-9-19(21)22/h4-13,26H,3,14H2,1-2H3;3-12H,2,13,24H2,1H3/b23-18+;22-17+. The van der Waals surface area contributed by atoms with Crippen LogP contribution in [0.3, 0.4) is 0 Å². The minimum atomic E-state index is -3.37. The number of allylic oxidation sites excluding steroid dienone is 2. The molecule has 4 heterocycles. The fraction of sp³-hybridized carbons (Fsp3) is 0.156. The van der Waals surface area contributed by atoms with Crippen molar-refractivity contribution in [2.45, 2.75) is 39.9 Å². The van der Waals surface area contributed by atoms with Crippen molar-refractivity contribution < 1.29 is 17.9 Å². The van der Waals surface area contributed by atoms with Crippen LogP contribution in [-0.2, 0) is 23.2 Å². The molecule has 2 aliphatic heterocycles. The number of fused-ring (bicyclic) bond motifs is 4. The summed E-state index contributed by atoms with van der Waals surface area (Å²) in [5.74, 6) is 1.48. The number of ether oxygens (including phenoxy) is 2. The van der Waals surface area contributed by atoms with Gasteiger partial charge in [0.05, 0.1) is 17.6 Å². The van der Waals surface area contributed by atoms with Crippen LogP contribution in [0.5, 0.6) is 11.5 Å². The van der Waals surface area contributed by atoms with E-state index in [0.717, 1.165) is 92.0 Å². The van der Waals surface area contributed by atoms with Gasteiger partial charge in [-0.2, -0.15) is 0 Å². The van der Waals surface area contributed by atoms with E-state index in [0.29, 0.717) is 34.7 Å². The van der Waals surface area contributed by atoms with E-state index in [-0.39, 0.29) is 0 Å². The highest BCUT2D eigenvalue weighted by molar-refractivity contribution is 7.92. The van der Waals surface area contributed by atoms with Crippen LogP contribution in [-0.4, -0.2) is 24.6 Å². The molecule has 0 saturated heterocycles. The van der Waals surface area contributed by atoms with Crippen molar-refractivity contribution in [3.05, 3.63) is 176 Å². The zero-order chi connectivity index (χ0) is 39.4. The van der Waals surface area contributed by atoms with Crippen LogP contribution < -0.4 is 19.9 Å². The molecule has 0 aliphatic carbocycles. The molecule has 2 aromatic heterocycles. The zero-order valence-electron chi connectivity index (χ0n) is 31.1. The number of rotatable bonds is 6. The largest absolute Gasteiger partial charge is 0.487 e. The maximum atomic E-state index is 11.7. The number of nitrogens with one attached hydrogen (secondary N) is 1. The summed E-state index contributed by atoms with van der Waals surface area (Å²) in [6.45, 7) is 5.00. The number of nitrogens with zero attached hydrogens (tertiary/aromatic N) is 2. The molecule has 0 spiro atoms. The fourth-order valence-corrected chi connectivity index (χ4v) is 8.08. The molecule has 0 radical (unpaired) electrons. The second-order valence-corrected chi connectivity index (χ2v) is 16.0. The molecular formula is C45H40Cl2N4O4S. The topological polar surface area (TPSA) is 116 Å². The third-order valence-corrected chi connectivity index (χ3v) is 10.6. The van der Waals surface area contributed by atoms with Gasteiger partial charge < -0.3 is 15.2 Å². The van der Waals surface area contributed by atoms with E-state index >= 15 is 0 Å². The summed E-state index contributed by atoms with van der Waals surface area (Å²) in [4.78, 5) is 9.07. The lowest BCUT2D eigenvalue weighted by Crippen LogP contribution is -2.09. The summed E-state index contributed by atoms with van der Waals surface area (Å²) in [6.07, 6.45) is 6.28. The van der Waals surface area contributed by atoms with Gasteiger partial charge in [0.1, 0.15) is 24.7 Å². The van der Waals surface area contributed by atoms with Crippen LogP contribution in [0.25, 0.3) is 22.3 Å². The number of nitrogens with two attached hydrogens (primary N) is 1. The minimum absolute atomic E-state index is 0.347. The van der Waals surface area contributed by atoms with Crippen molar-refractivity contribution in [1.82, 2.24) is 9.97 Å². The minimum Gasteiger partial charge on any atom is -0.487 e. The molecule has 2 aliphatic rings. The third-order valence-electron chi connectivity index (χ3n) is 9.53. The molecule has 6 aromatic rings. The number of nitrogen functional groups attached to an aromatic ring is 1. The molecule has 56 heavy (non-hydrogen) atoms. The predicted molar refractivity (Wildman–Crippen MR) is 228 cm³/mol. The lowest BCUT2D eigenvalue weighted by atomic mass is 9.87. The first-order valence-electron chi connectivity index (χ1n) is 18.2. The molecule has 284 valence electrons. The van der Waals surface area contributed by atoms with Crippen LogP contribution in [0.15, 0.2) is 122 Å². The monoisotopic (exact) mass is 802 g/mol. The summed E-state index contributed by atoms with van der Waals surface area (Å²) in [5.41, 5.74) is 19.6. The second kappa shape index (κ2) is 16.6. The quantitative estimate of drug-likeness (QED) is 0.161. The van der Waals surface area contributed by atoms with Gasteiger partial charge in [-0.05, 0) is 119 Å². The Hall–Kier alpha value is -5.61. The maximum absolute atomic E-state index is 11.7. The number of aromatic nitrogens is 2. The molecule has 3 N–H and O–H groups in total. The first kappa shape index (κ1) is 38.7. The molecule has 0 bridgehead atoms. The Labute approximate surface area is 337 Å². The number of pyridine rings is 2. The van der Waals surface area contributed by atoms with Crippen LogP contribution in [0, 0.1) is 0 Å². The molecule has 0 fully saturated rings. The van der Waals surface area contributed by atoms with Crippen LogP contribution in [0.4, 0.5) is 11.4 Å². The summed E-state index contributed by atoms with van der Waals surface area (Å²) in [6, 6.07) is 34.9. The second-order valence-electron chi connectivity index (χ2n) is 13.3. The van der Waals surface area contributed by atoms with Gasteiger partial charge in [0.25, 0.3) is 0 Å². The Kier molecular flexibility index (Phi) is 11.5. The SMILES string of the molecule is CC/C(=C1\c2ccc(Cl)cc2OCc2ncccc21)c1cccc(N)c1.CC/C(=C1\c2ccc(Cl)cc2OCc2ncccc21)c1cccc(NS(C)(=O)=O)c1. The highest BCUT2D eigenvalue weighted by Crippen LogP contribution is 2.44. The van der Waals surface area contributed by atoms with Gasteiger partial charge in [0, 0.05) is 56.1 Å². The highest BCUT2D eigenvalue weighted by Gasteiger charge is 2.25. The zero-order valence-corrected chi connectivity index (χ0v) is 33.5. The van der Waals surface area contributed by atoms with Gasteiger partial charge in [-0.1, -0.05) is 73.4 Å². The first-order valence-corrected chi connectivity index (χ1v) is 20.8. The van der Waals surface area contributed by atoms with E-state index in [1.54, 1.807) is 18.5 Å². The number of hydrogen-bond donors (Lipinski definition) is 2. The van der Waals surface area contributed by atoms with Crippen LogP contribution in [0.1, 0.15) is 71.5 Å². The van der Waals surface area contributed by atoms with Gasteiger partial charge in [-0.25, -0.2) is 8.42 Å². The molecule has 4 aromatic carbocycles. The molecular weight excluding hydrogens is 763 g/mol. The van der Waals surface area contributed by atoms with E-state index in [9.17, 15) is 8.42 Å². The van der Waals surface area contributed by atoms with Crippen molar-refractivity contribution in [1.29, 1.82) is 0 Å². The summed E-state index contributed by atoms with van der Waals surface area (Å²) >= 11 is 12.4. The first-order chi connectivity index (χ1) is 27.0. The van der Waals surface area contributed by atoms with Crippen molar-refractivity contribution in [2.24, 2.45) is 0 Å². The van der Waals surface area contributed by atoms with E-state index in [2.05, 4.69) is 40.7 Å². The van der Waals surface area contributed by atoms with Crippen molar-refractivity contribution in [3.8, 4) is 11.5 Å². The average molecular weight is 804 g/mol. The van der Waals surface area contributed by atoms with Crippen molar-refractivity contribution in [2.75, 3.05) is 16.7 Å². The maximum Gasteiger partial charge on any atom is 0.229 e. The lowest BCUT2D eigenvalue weighted by Gasteiger charge is -2.17. The number of benzene rings is 4. The van der Waals surface area contributed by atoms with Gasteiger partial charge >= 0.3 is 0 Å². The van der Waals surface area contributed by atoms with Crippen LogP contribution >= 0.6 is 23.2 Å². The lowest BCUT2D eigenvalue weighted by molar-refractivity contribution is 0.302. The van der Waals surface area contributed by atoms with E-state index in [4.69, 9.17) is 38.4 Å². The summed E-state index contributed by atoms with van der Waals surface area (Å²) in [7, 11) is -3.37. The molecule has 11 heteroatoms. The smallest absolute Gasteiger partial charge is 0.229 e. The number of sulfonamides is 1. The number of halogens is 2.